The van der Waals surface area contributed by atoms with Crippen molar-refractivity contribution >= 4 is 23.4 Å². The average molecular weight is 282 g/mol. The molecule has 0 bridgehead atoms. The van der Waals surface area contributed by atoms with E-state index in [1.165, 1.54) is 4.68 Å². The van der Waals surface area contributed by atoms with E-state index in [4.69, 9.17) is 22.1 Å². The number of halogens is 1. The number of carbonyl (C=O) groups is 1. The summed E-state index contributed by atoms with van der Waals surface area (Å²) in [5.41, 5.74) is 6.13. The summed E-state index contributed by atoms with van der Waals surface area (Å²) >= 11 is 6.07. The van der Waals surface area contributed by atoms with E-state index in [0.717, 1.165) is 0 Å². The molecule has 2 N–H and O–H groups in total. The number of nitrogens with zero attached hydrogens (tertiary/aromatic N) is 4. The van der Waals surface area contributed by atoms with E-state index < -0.39 is 5.97 Å². The molecule has 0 unspecified atom stereocenters. The molecule has 2 aromatic heterocycles. The highest BCUT2D eigenvalue weighted by atomic mass is 35.5. The Kier molecular flexibility index (Phi) is 3.96. The molecule has 2 rings (SSSR count). The number of carbonyl (C=O) groups excluding carboxylic acids is 1. The van der Waals surface area contributed by atoms with Crippen molar-refractivity contribution in [3.05, 3.63) is 23.5 Å². The first-order chi connectivity index (χ1) is 9.13. The quantitative estimate of drug-likeness (QED) is 0.844. The molecule has 0 aromatic carbocycles. The highest BCUT2D eigenvalue weighted by molar-refractivity contribution is 6.35. The molecule has 19 heavy (non-hydrogen) atoms. The Labute approximate surface area is 114 Å². The van der Waals surface area contributed by atoms with E-state index in [-0.39, 0.29) is 17.4 Å². The molecule has 0 aliphatic heterocycles. The molecule has 100 valence electrons. The number of rotatable bonds is 4. The van der Waals surface area contributed by atoms with Gasteiger partial charge >= 0.3 is 5.97 Å². The molecule has 0 saturated carbocycles. The normalized spacial score (nSPS) is 10.4. The minimum Gasteiger partial charge on any atom is -0.465 e. The lowest BCUT2D eigenvalue weighted by Crippen LogP contribution is -2.16. The van der Waals surface area contributed by atoms with Gasteiger partial charge in [0.1, 0.15) is 17.4 Å². The smallest absolute Gasteiger partial charge is 0.327 e. The van der Waals surface area contributed by atoms with Crippen molar-refractivity contribution in [2.24, 2.45) is 0 Å². The Morgan fingerprint density at radius 1 is 1.47 bits per heavy atom. The summed E-state index contributed by atoms with van der Waals surface area (Å²) in [6.45, 7) is 1.91. The minimum atomic E-state index is -0.436. The maximum absolute atomic E-state index is 11.4. The maximum Gasteiger partial charge on any atom is 0.327 e. The molecular weight excluding hydrogens is 270 g/mol. The summed E-state index contributed by atoms with van der Waals surface area (Å²) in [5.74, 6) is 0.0906. The van der Waals surface area contributed by atoms with Crippen molar-refractivity contribution in [3.63, 3.8) is 0 Å². The predicted molar refractivity (Wildman–Crippen MR) is 69.3 cm³/mol. The summed E-state index contributed by atoms with van der Waals surface area (Å²) < 4.78 is 6.10. The van der Waals surface area contributed by atoms with Crippen molar-refractivity contribution in [1.82, 2.24) is 19.7 Å². The van der Waals surface area contributed by atoms with Crippen LogP contribution in [0.1, 0.15) is 6.92 Å². The van der Waals surface area contributed by atoms with Crippen LogP contribution in [0.25, 0.3) is 11.5 Å². The van der Waals surface area contributed by atoms with E-state index in [9.17, 15) is 4.79 Å². The van der Waals surface area contributed by atoms with Gasteiger partial charge in [-0.3, -0.25) is 4.79 Å². The second-order valence-corrected chi connectivity index (χ2v) is 3.96. The maximum atomic E-state index is 11.4. The monoisotopic (exact) mass is 281 g/mol. The largest absolute Gasteiger partial charge is 0.465 e. The lowest BCUT2D eigenvalue weighted by molar-refractivity contribution is -0.143. The van der Waals surface area contributed by atoms with E-state index >= 15 is 0 Å². The third-order valence-electron chi connectivity index (χ3n) is 2.29. The number of hydrogen-bond donors (Lipinski definition) is 1. The number of anilines is 1. The lowest BCUT2D eigenvalue weighted by Gasteiger charge is -2.03. The SMILES string of the molecule is CCOC(=O)Cn1nc(-c2ncccn2)c(Cl)c1N. The van der Waals surface area contributed by atoms with Gasteiger partial charge in [0.2, 0.25) is 0 Å². The molecule has 2 heterocycles. The van der Waals surface area contributed by atoms with Crippen molar-refractivity contribution < 1.29 is 9.53 Å². The van der Waals surface area contributed by atoms with Crippen LogP contribution in [0.15, 0.2) is 18.5 Å². The molecule has 8 heteroatoms. The van der Waals surface area contributed by atoms with Crippen LogP contribution in [0.5, 0.6) is 0 Å². The summed E-state index contributed by atoms with van der Waals surface area (Å²) in [6.07, 6.45) is 3.14. The highest BCUT2D eigenvalue weighted by Crippen LogP contribution is 2.29. The van der Waals surface area contributed by atoms with Gasteiger partial charge in [0.05, 0.1) is 6.61 Å². The van der Waals surface area contributed by atoms with Crippen molar-refractivity contribution in [2.45, 2.75) is 13.5 Å². The third-order valence-corrected chi connectivity index (χ3v) is 2.67. The van der Waals surface area contributed by atoms with Gasteiger partial charge in [-0.15, -0.1) is 0 Å². The van der Waals surface area contributed by atoms with E-state index in [2.05, 4.69) is 15.1 Å². The van der Waals surface area contributed by atoms with Crippen molar-refractivity contribution in [2.75, 3.05) is 12.3 Å². The number of nitrogen functional groups attached to an aromatic ring is 1. The molecule has 0 aliphatic rings. The van der Waals surface area contributed by atoms with Gasteiger partial charge in [-0.05, 0) is 13.0 Å². The Balaban J connectivity index is 2.31. The molecule has 7 nitrogen and oxygen atoms in total. The standard InChI is InChI=1S/C11H12ClN5O2/c1-2-19-7(18)6-17-10(13)8(12)9(16-17)11-14-4-3-5-15-11/h3-5H,2,6,13H2,1H3. The van der Waals surface area contributed by atoms with E-state index in [1.54, 1.807) is 25.4 Å². The summed E-state index contributed by atoms with van der Waals surface area (Å²) in [7, 11) is 0. The van der Waals surface area contributed by atoms with Crippen LogP contribution in [0.2, 0.25) is 5.02 Å². The van der Waals surface area contributed by atoms with Gasteiger partial charge < -0.3 is 10.5 Å². The average Bonchev–Trinajstić information content (AvgIpc) is 2.68. The fraction of sp³-hybridized carbons (Fsp3) is 0.273. The molecule has 0 fully saturated rings. The van der Waals surface area contributed by atoms with Gasteiger partial charge in [-0.1, -0.05) is 11.6 Å². The Hall–Kier alpha value is -2.15. The van der Waals surface area contributed by atoms with Crippen molar-refractivity contribution in [3.8, 4) is 11.5 Å². The topological polar surface area (TPSA) is 95.9 Å². The number of nitrogens with two attached hydrogens (primary N) is 1. The first-order valence-electron chi connectivity index (χ1n) is 5.58. The number of esters is 1. The van der Waals surface area contributed by atoms with Gasteiger partial charge in [0, 0.05) is 12.4 Å². The van der Waals surface area contributed by atoms with Crippen LogP contribution in [-0.4, -0.2) is 32.3 Å². The fourth-order valence-electron chi connectivity index (χ4n) is 1.47. The molecule has 0 atom stereocenters. The third kappa shape index (κ3) is 2.82. The van der Waals surface area contributed by atoms with E-state index in [1.807, 2.05) is 0 Å². The molecule has 2 aromatic rings. The minimum absolute atomic E-state index is 0.105. The summed E-state index contributed by atoms with van der Waals surface area (Å²) in [5, 5.41) is 4.35. The van der Waals surface area contributed by atoms with Gasteiger partial charge in [0.25, 0.3) is 0 Å². The molecule has 0 radical (unpaired) electrons. The first kappa shape index (κ1) is 13.3. The highest BCUT2D eigenvalue weighted by Gasteiger charge is 2.18. The van der Waals surface area contributed by atoms with Crippen LogP contribution < -0.4 is 5.73 Å². The van der Waals surface area contributed by atoms with Crippen molar-refractivity contribution in [1.29, 1.82) is 0 Å². The van der Waals surface area contributed by atoms with Crippen LogP contribution in [0.4, 0.5) is 5.82 Å². The second-order valence-electron chi connectivity index (χ2n) is 3.58. The fourth-order valence-corrected chi connectivity index (χ4v) is 1.69. The molecule has 0 saturated heterocycles. The first-order valence-corrected chi connectivity index (χ1v) is 5.96. The zero-order valence-electron chi connectivity index (χ0n) is 10.2. The van der Waals surface area contributed by atoms with Crippen LogP contribution in [0, 0.1) is 0 Å². The Bertz CT molecular complexity index is 584. The van der Waals surface area contributed by atoms with Gasteiger partial charge in [0.15, 0.2) is 11.5 Å². The Morgan fingerprint density at radius 2 is 2.16 bits per heavy atom. The molecule has 0 amide bonds. The van der Waals surface area contributed by atoms with Crippen LogP contribution >= 0.6 is 11.6 Å². The van der Waals surface area contributed by atoms with Gasteiger partial charge in [-0.25, -0.2) is 14.6 Å². The number of aromatic nitrogens is 4. The number of hydrogen-bond acceptors (Lipinski definition) is 6. The van der Waals surface area contributed by atoms with E-state index in [0.29, 0.717) is 18.1 Å². The second kappa shape index (κ2) is 5.66. The zero-order chi connectivity index (χ0) is 13.8. The molecule has 0 aliphatic carbocycles. The molecule has 0 spiro atoms. The molecular formula is C11H12ClN5O2. The predicted octanol–water partition coefficient (Wildman–Crippen LogP) is 1.14. The number of ether oxygens (including phenoxy) is 1. The van der Waals surface area contributed by atoms with Crippen LogP contribution in [-0.2, 0) is 16.1 Å². The zero-order valence-corrected chi connectivity index (χ0v) is 11.0. The summed E-state index contributed by atoms with van der Waals surface area (Å²) in [4.78, 5) is 19.5. The van der Waals surface area contributed by atoms with Gasteiger partial charge in [-0.2, -0.15) is 5.10 Å². The van der Waals surface area contributed by atoms with Crippen LogP contribution in [0.3, 0.4) is 0 Å². The Morgan fingerprint density at radius 3 is 2.79 bits per heavy atom. The summed E-state index contributed by atoms with van der Waals surface area (Å²) in [6, 6.07) is 1.68. The lowest BCUT2D eigenvalue weighted by atomic mass is 10.4.